The van der Waals surface area contributed by atoms with Gasteiger partial charge in [-0.15, -0.1) is 11.6 Å². The first-order chi connectivity index (χ1) is 11.5. The van der Waals surface area contributed by atoms with Crippen LogP contribution in [0.15, 0.2) is 24.3 Å². The number of alkyl halides is 1. The quantitative estimate of drug-likeness (QED) is 0.592. The first-order valence-corrected chi connectivity index (χ1v) is 8.40. The average Bonchev–Trinajstić information content (AvgIpc) is 2.57. The summed E-state index contributed by atoms with van der Waals surface area (Å²) in [6.07, 6.45) is 1.51. The number of hydrogen-bond acceptors (Lipinski definition) is 5. The molecule has 6 nitrogen and oxygen atoms in total. The molecule has 1 unspecified atom stereocenters. The molecule has 1 aromatic carbocycles. The van der Waals surface area contributed by atoms with E-state index in [4.69, 9.17) is 16.3 Å². The molecule has 0 aliphatic rings. The van der Waals surface area contributed by atoms with E-state index in [1.165, 1.54) is 0 Å². The maximum absolute atomic E-state index is 12.0. The number of ether oxygens (including phenoxy) is 1. The highest BCUT2D eigenvalue weighted by Gasteiger charge is 2.17. The summed E-state index contributed by atoms with van der Waals surface area (Å²) in [5.41, 5.74) is 0.676. The van der Waals surface area contributed by atoms with Crippen molar-refractivity contribution in [1.29, 1.82) is 0 Å². The lowest BCUT2D eigenvalue weighted by Gasteiger charge is -2.18. The molecular weight excluding hydrogens is 330 g/mol. The van der Waals surface area contributed by atoms with Crippen LogP contribution in [0.4, 0.5) is 5.69 Å². The van der Waals surface area contributed by atoms with Gasteiger partial charge < -0.3 is 15.0 Å². The summed E-state index contributed by atoms with van der Waals surface area (Å²) >= 11 is 5.65. The lowest BCUT2D eigenvalue weighted by molar-refractivity contribution is -0.119. The Morgan fingerprint density at radius 3 is 2.46 bits per heavy atom. The minimum atomic E-state index is -0.399. The van der Waals surface area contributed by atoms with Crippen molar-refractivity contribution in [2.24, 2.45) is 0 Å². The Morgan fingerprint density at radius 2 is 1.92 bits per heavy atom. The first-order valence-electron chi connectivity index (χ1n) is 7.87. The van der Waals surface area contributed by atoms with Gasteiger partial charge in [-0.2, -0.15) is 0 Å². The van der Waals surface area contributed by atoms with Crippen LogP contribution in [0.5, 0.6) is 5.75 Å². The van der Waals surface area contributed by atoms with Crippen molar-refractivity contribution in [3.05, 3.63) is 24.3 Å². The molecule has 0 fully saturated rings. The first kappa shape index (κ1) is 20.4. The number of ketones is 1. The number of rotatable bonds is 11. The van der Waals surface area contributed by atoms with Crippen LogP contribution >= 0.6 is 11.6 Å². The number of hydrogen-bond donors (Lipinski definition) is 2. The molecule has 0 spiro atoms. The summed E-state index contributed by atoms with van der Waals surface area (Å²) in [5.74, 6) is 0.368. The van der Waals surface area contributed by atoms with Crippen LogP contribution in [0.25, 0.3) is 0 Å². The van der Waals surface area contributed by atoms with Gasteiger partial charge in [0.15, 0.2) is 5.78 Å². The van der Waals surface area contributed by atoms with Gasteiger partial charge in [0.05, 0.1) is 25.6 Å². The summed E-state index contributed by atoms with van der Waals surface area (Å²) in [6.45, 7) is 0.938. The molecule has 0 saturated carbocycles. The molecule has 1 rings (SSSR count). The lowest BCUT2D eigenvalue weighted by Crippen LogP contribution is -2.42. The topological polar surface area (TPSA) is 70.7 Å². The van der Waals surface area contributed by atoms with Gasteiger partial charge in [-0.25, -0.2) is 0 Å². The lowest BCUT2D eigenvalue weighted by atomic mass is 10.1. The molecular formula is C17H26ClN3O3. The fourth-order valence-corrected chi connectivity index (χ4v) is 2.36. The molecule has 7 heteroatoms. The second-order valence-electron chi connectivity index (χ2n) is 5.76. The third-order valence-electron chi connectivity index (χ3n) is 3.50. The van der Waals surface area contributed by atoms with Crippen LogP contribution in [0.3, 0.4) is 0 Å². The summed E-state index contributed by atoms with van der Waals surface area (Å²) < 4.78 is 5.07. The standard InChI is InChI=1S/C17H26ClN3O3/c1-21(2)10-4-5-15(16(22)11-18)19-12-17(23)20-13-6-8-14(24-3)9-7-13/h6-9,15,19H,4-5,10-12H2,1-3H3,(H,20,23). The second kappa shape index (κ2) is 11.0. The van der Waals surface area contributed by atoms with E-state index in [0.717, 1.165) is 18.7 Å². The third kappa shape index (κ3) is 7.77. The van der Waals surface area contributed by atoms with Gasteiger partial charge in [0.25, 0.3) is 0 Å². The van der Waals surface area contributed by atoms with E-state index in [1.807, 2.05) is 14.1 Å². The van der Waals surface area contributed by atoms with Crippen LogP contribution in [0, 0.1) is 0 Å². The minimum Gasteiger partial charge on any atom is -0.497 e. The monoisotopic (exact) mass is 355 g/mol. The normalized spacial score (nSPS) is 12.0. The fourth-order valence-electron chi connectivity index (χ4n) is 2.18. The Bertz CT molecular complexity index is 520. The zero-order valence-electron chi connectivity index (χ0n) is 14.5. The van der Waals surface area contributed by atoms with Gasteiger partial charge in [0, 0.05) is 5.69 Å². The van der Waals surface area contributed by atoms with Crippen molar-refractivity contribution in [2.75, 3.05) is 45.5 Å². The summed E-state index contributed by atoms with van der Waals surface area (Å²) in [5, 5.41) is 5.77. The van der Waals surface area contributed by atoms with E-state index in [9.17, 15) is 9.59 Å². The molecule has 1 aromatic rings. The summed E-state index contributed by atoms with van der Waals surface area (Å²) in [6, 6.07) is 6.66. The van der Waals surface area contributed by atoms with E-state index in [1.54, 1.807) is 31.4 Å². The van der Waals surface area contributed by atoms with Crippen molar-refractivity contribution in [3.8, 4) is 5.75 Å². The van der Waals surface area contributed by atoms with Crippen LogP contribution < -0.4 is 15.4 Å². The number of halogens is 1. The molecule has 0 saturated heterocycles. The highest BCUT2D eigenvalue weighted by Crippen LogP contribution is 2.14. The molecule has 1 amide bonds. The van der Waals surface area contributed by atoms with Crippen LogP contribution in [-0.2, 0) is 9.59 Å². The predicted octanol–water partition coefficient (Wildman–Crippen LogP) is 1.74. The molecule has 24 heavy (non-hydrogen) atoms. The van der Waals surface area contributed by atoms with Crippen molar-refractivity contribution < 1.29 is 14.3 Å². The smallest absolute Gasteiger partial charge is 0.238 e. The summed E-state index contributed by atoms with van der Waals surface area (Å²) in [4.78, 5) is 25.9. The number of nitrogens with one attached hydrogen (secondary N) is 2. The van der Waals surface area contributed by atoms with Gasteiger partial charge in [-0.1, -0.05) is 0 Å². The van der Waals surface area contributed by atoms with Crippen molar-refractivity contribution in [3.63, 3.8) is 0 Å². The van der Waals surface area contributed by atoms with E-state index < -0.39 is 6.04 Å². The van der Waals surface area contributed by atoms with Gasteiger partial charge >= 0.3 is 0 Å². The Balaban J connectivity index is 2.45. The van der Waals surface area contributed by atoms with Crippen molar-refractivity contribution in [2.45, 2.75) is 18.9 Å². The molecule has 0 aliphatic carbocycles. The SMILES string of the molecule is COc1ccc(NC(=O)CNC(CCCN(C)C)C(=O)CCl)cc1. The third-order valence-corrected chi connectivity index (χ3v) is 3.76. The number of nitrogens with zero attached hydrogens (tertiary/aromatic N) is 1. The highest BCUT2D eigenvalue weighted by molar-refractivity contribution is 6.28. The number of carbonyl (C=O) groups excluding carboxylic acids is 2. The van der Waals surface area contributed by atoms with E-state index in [2.05, 4.69) is 15.5 Å². The van der Waals surface area contributed by atoms with Crippen LogP contribution in [0.1, 0.15) is 12.8 Å². The number of benzene rings is 1. The Kier molecular flexibility index (Phi) is 9.37. The zero-order chi connectivity index (χ0) is 17.9. The molecule has 0 heterocycles. The van der Waals surface area contributed by atoms with Gasteiger partial charge in [0.1, 0.15) is 5.75 Å². The maximum atomic E-state index is 12.0. The van der Waals surface area contributed by atoms with Crippen LogP contribution in [-0.4, -0.2) is 62.8 Å². The molecule has 2 N–H and O–H groups in total. The Labute approximate surface area is 148 Å². The molecule has 0 aromatic heterocycles. The van der Waals surface area contributed by atoms with Crippen molar-refractivity contribution in [1.82, 2.24) is 10.2 Å². The van der Waals surface area contributed by atoms with Gasteiger partial charge in [0.2, 0.25) is 5.91 Å². The molecule has 134 valence electrons. The Hall–Kier alpha value is -1.63. The maximum Gasteiger partial charge on any atom is 0.238 e. The number of methoxy groups -OCH3 is 1. The number of amides is 1. The van der Waals surface area contributed by atoms with E-state index in [0.29, 0.717) is 12.1 Å². The predicted molar refractivity (Wildman–Crippen MR) is 96.9 cm³/mol. The fraction of sp³-hybridized carbons (Fsp3) is 0.529. The molecule has 0 radical (unpaired) electrons. The molecule has 0 bridgehead atoms. The number of anilines is 1. The number of carbonyl (C=O) groups is 2. The van der Waals surface area contributed by atoms with Crippen LogP contribution in [0.2, 0.25) is 0 Å². The van der Waals surface area contributed by atoms with Crippen molar-refractivity contribution >= 4 is 29.0 Å². The molecule has 0 aliphatic heterocycles. The van der Waals surface area contributed by atoms with E-state index in [-0.39, 0.29) is 24.1 Å². The van der Waals surface area contributed by atoms with Gasteiger partial charge in [-0.3, -0.25) is 14.9 Å². The second-order valence-corrected chi connectivity index (χ2v) is 6.02. The average molecular weight is 356 g/mol. The molecule has 1 atom stereocenters. The highest BCUT2D eigenvalue weighted by atomic mass is 35.5. The minimum absolute atomic E-state index is 0.0558. The van der Waals surface area contributed by atoms with E-state index >= 15 is 0 Å². The Morgan fingerprint density at radius 1 is 1.25 bits per heavy atom. The van der Waals surface area contributed by atoms with Gasteiger partial charge in [-0.05, 0) is 57.7 Å². The largest absolute Gasteiger partial charge is 0.497 e. The number of Topliss-reactive ketones (excluding diaryl/α,β-unsaturated/α-hetero) is 1. The zero-order valence-corrected chi connectivity index (χ0v) is 15.2. The summed E-state index contributed by atoms with van der Waals surface area (Å²) in [7, 11) is 5.55.